The molecule has 0 saturated carbocycles. The molecule has 2 saturated heterocycles. The number of benzene rings is 2. The fourth-order valence-corrected chi connectivity index (χ4v) is 6.35. The lowest BCUT2D eigenvalue weighted by atomic mass is 9.70. The lowest BCUT2D eigenvalue weighted by Crippen LogP contribution is -2.66. The predicted molar refractivity (Wildman–Crippen MR) is 172 cm³/mol. The van der Waals surface area contributed by atoms with Crippen molar-refractivity contribution in [3.8, 4) is 0 Å². The Labute approximate surface area is 270 Å². The molecular weight excluding hydrogens is 584 g/mol. The zero-order valence-corrected chi connectivity index (χ0v) is 27.2. The van der Waals surface area contributed by atoms with Crippen molar-refractivity contribution in [2.75, 3.05) is 33.2 Å². The van der Waals surface area contributed by atoms with E-state index in [0.29, 0.717) is 31.7 Å². The average molecular weight is 629 g/mol. The van der Waals surface area contributed by atoms with Crippen LogP contribution in [0, 0.1) is 16.7 Å². The SMILES string of the molecule is CNC(=O)[C@@H](NC(=O)[C@@H]1CN(C(=O)c2cnn(Cc3ccccc3)c2)CC12CN(C(=O)C(C)(C)C)C2)[C@@H](C)OCc1ccccc1. The van der Waals surface area contributed by atoms with Gasteiger partial charge in [-0.05, 0) is 18.1 Å². The van der Waals surface area contributed by atoms with Crippen molar-refractivity contribution in [3.63, 3.8) is 0 Å². The maximum absolute atomic E-state index is 14.0. The molecule has 0 bridgehead atoms. The minimum atomic E-state index is -0.952. The number of carbonyl (C=O) groups excluding carboxylic acids is 4. The highest BCUT2D eigenvalue weighted by Gasteiger charge is 2.59. The number of rotatable bonds is 10. The first kappa shape index (κ1) is 32.9. The highest BCUT2D eigenvalue weighted by Crippen LogP contribution is 2.45. The molecule has 2 aromatic carbocycles. The first-order valence-electron chi connectivity index (χ1n) is 15.7. The maximum Gasteiger partial charge on any atom is 0.257 e. The number of nitrogens with zero attached hydrogens (tertiary/aromatic N) is 4. The van der Waals surface area contributed by atoms with Gasteiger partial charge >= 0.3 is 0 Å². The Hall–Kier alpha value is -4.51. The van der Waals surface area contributed by atoms with E-state index in [1.807, 2.05) is 81.4 Å². The van der Waals surface area contributed by atoms with Gasteiger partial charge in [-0.1, -0.05) is 81.4 Å². The molecule has 5 rings (SSSR count). The van der Waals surface area contributed by atoms with Crippen LogP contribution in [0.4, 0.5) is 0 Å². The third kappa shape index (κ3) is 7.14. The van der Waals surface area contributed by atoms with Gasteiger partial charge in [-0.2, -0.15) is 5.10 Å². The molecule has 11 heteroatoms. The van der Waals surface area contributed by atoms with Crippen molar-refractivity contribution in [1.82, 2.24) is 30.2 Å². The summed E-state index contributed by atoms with van der Waals surface area (Å²) in [6.45, 7) is 9.33. The monoisotopic (exact) mass is 628 g/mol. The molecule has 0 aliphatic carbocycles. The minimum Gasteiger partial charge on any atom is -0.371 e. The fourth-order valence-electron chi connectivity index (χ4n) is 6.35. The molecule has 2 fully saturated rings. The molecule has 1 spiro atoms. The number of amides is 4. The average Bonchev–Trinajstić information content (AvgIpc) is 3.67. The smallest absolute Gasteiger partial charge is 0.257 e. The number of ether oxygens (including phenoxy) is 1. The van der Waals surface area contributed by atoms with Gasteiger partial charge in [0.25, 0.3) is 5.91 Å². The summed E-state index contributed by atoms with van der Waals surface area (Å²) in [5, 5.41) is 9.97. The zero-order valence-electron chi connectivity index (χ0n) is 27.2. The molecule has 46 heavy (non-hydrogen) atoms. The van der Waals surface area contributed by atoms with Crippen molar-refractivity contribution in [3.05, 3.63) is 89.7 Å². The Morgan fingerprint density at radius 2 is 1.57 bits per heavy atom. The summed E-state index contributed by atoms with van der Waals surface area (Å²) in [6.07, 6.45) is 2.64. The van der Waals surface area contributed by atoms with Gasteiger partial charge in [-0.3, -0.25) is 23.9 Å². The molecular formula is C35H44N6O5. The van der Waals surface area contributed by atoms with E-state index in [4.69, 9.17) is 4.74 Å². The molecule has 0 unspecified atom stereocenters. The van der Waals surface area contributed by atoms with E-state index in [9.17, 15) is 19.2 Å². The van der Waals surface area contributed by atoms with Crippen molar-refractivity contribution in [2.45, 2.75) is 53.0 Å². The Morgan fingerprint density at radius 3 is 2.17 bits per heavy atom. The summed E-state index contributed by atoms with van der Waals surface area (Å²) in [7, 11) is 1.52. The summed E-state index contributed by atoms with van der Waals surface area (Å²) >= 11 is 0. The van der Waals surface area contributed by atoms with Crippen LogP contribution in [-0.4, -0.2) is 88.6 Å². The van der Waals surface area contributed by atoms with E-state index in [0.717, 1.165) is 11.1 Å². The van der Waals surface area contributed by atoms with Gasteiger partial charge in [0.2, 0.25) is 17.7 Å². The van der Waals surface area contributed by atoms with Crippen molar-refractivity contribution >= 4 is 23.6 Å². The van der Waals surface area contributed by atoms with Crippen LogP contribution >= 0.6 is 0 Å². The van der Waals surface area contributed by atoms with Crippen LogP contribution in [-0.2, 0) is 32.3 Å². The van der Waals surface area contributed by atoms with E-state index < -0.39 is 28.9 Å². The number of hydrogen-bond acceptors (Lipinski definition) is 6. The van der Waals surface area contributed by atoms with Gasteiger partial charge in [0.1, 0.15) is 6.04 Å². The molecule has 11 nitrogen and oxygen atoms in total. The Bertz CT molecular complexity index is 1540. The van der Waals surface area contributed by atoms with Gasteiger partial charge in [-0.25, -0.2) is 0 Å². The Balaban J connectivity index is 1.32. The quantitative estimate of drug-likeness (QED) is 0.356. The molecule has 4 amide bonds. The second-order valence-electron chi connectivity index (χ2n) is 13.5. The highest BCUT2D eigenvalue weighted by molar-refractivity contribution is 5.95. The number of aromatic nitrogens is 2. The lowest BCUT2D eigenvalue weighted by Gasteiger charge is -2.52. The molecule has 2 aliphatic heterocycles. The molecule has 1 aromatic heterocycles. The van der Waals surface area contributed by atoms with Crippen LogP contribution in [0.1, 0.15) is 49.2 Å². The first-order chi connectivity index (χ1) is 21.9. The van der Waals surface area contributed by atoms with Crippen LogP contribution in [0.2, 0.25) is 0 Å². The van der Waals surface area contributed by atoms with E-state index in [1.165, 1.54) is 7.05 Å². The number of likely N-dealkylation sites (N-methyl/N-ethyl adjacent to an activating group) is 1. The largest absolute Gasteiger partial charge is 0.371 e. The second-order valence-corrected chi connectivity index (χ2v) is 13.5. The maximum atomic E-state index is 14.0. The van der Waals surface area contributed by atoms with Crippen LogP contribution in [0.5, 0.6) is 0 Å². The summed E-state index contributed by atoms with van der Waals surface area (Å²) in [5.41, 5.74) is 1.23. The standard InChI is InChI=1S/C35H44N6O5/c1-24(46-20-26-14-10-7-11-15-26)29(31(43)36-5)38-30(42)28-19-39(21-35(28)22-40(23-35)33(45)34(2,3)4)32(44)27-16-37-41(18-27)17-25-12-8-6-9-13-25/h6-16,18,24,28-29H,17,19-23H2,1-5H3,(H,36,43)(H,38,42)/t24-,28+,29+/m1/s1. The van der Waals surface area contributed by atoms with Crippen molar-refractivity contribution in [1.29, 1.82) is 0 Å². The van der Waals surface area contributed by atoms with Gasteiger partial charge in [0.15, 0.2) is 0 Å². The molecule has 3 aromatic rings. The lowest BCUT2D eigenvalue weighted by molar-refractivity contribution is -0.157. The normalized spacial score (nSPS) is 18.5. The molecule has 244 valence electrons. The number of nitrogens with one attached hydrogen (secondary N) is 2. The zero-order chi connectivity index (χ0) is 33.1. The summed E-state index contributed by atoms with van der Waals surface area (Å²) in [6, 6.07) is 18.5. The molecule has 3 atom stereocenters. The van der Waals surface area contributed by atoms with Gasteiger partial charge in [0, 0.05) is 50.3 Å². The summed E-state index contributed by atoms with van der Waals surface area (Å²) < 4.78 is 7.73. The summed E-state index contributed by atoms with van der Waals surface area (Å²) in [4.78, 5) is 57.3. The van der Waals surface area contributed by atoms with Gasteiger partial charge in [-0.15, -0.1) is 0 Å². The highest BCUT2D eigenvalue weighted by atomic mass is 16.5. The number of carbonyl (C=O) groups is 4. The van der Waals surface area contributed by atoms with Crippen LogP contribution in [0.3, 0.4) is 0 Å². The van der Waals surface area contributed by atoms with Crippen molar-refractivity contribution < 1.29 is 23.9 Å². The number of likely N-dealkylation sites (tertiary alicyclic amines) is 2. The van der Waals surface area contributed by atoms with E-state index in [1.54, 1.807) is 33.8 Å². The fraction of sp³-hybridized carbons (Fsp3) is 0.457. The van der Waals surface area contributed by atoms with Crippen LogP contribution in [0.15, 0.2) is 73.1 Å². The molecule has 3 heterocycles. The van der Waals surface area contributed by atoms with E-state index in [-0.39, 0.29) is 36.8 Å². The third-order valence-corrected chi connectivity index (χ3v) is 8.91. The number of hydrogen-bond donors (Lipinski definition) is 2. The molecule has 2 aliphatic rings. The van der Waals surface area contributed by atoms with E-state index >= 15 is 0 Å². The minimum absolute atomic E-state index is 0.00424. The van der Waals surface area contributed by atoms with Gasteiger partial charge in [0.05, 0.1) is 36.9 Å². The Kier molecular flexibility index (Phi) is 9.62. The van der Waals surface area contributed by atoms with E-state index in [2.05, 4.69) is 15.7 Å². The predicted octanol–water partition coefficient (Wildman–Crippen LogP) is 2.71. The Morgan fingerprint density at radius 1 is 0.957 bits per heavy atom. The van der Waals surface area contributed by atoms with Crippen molar-refractivity contribution in [2.24, 2.45) is 16.7 Å². The molecule has 2 N–H and O–H groups in total. The topological polar surface area (TPSA) is 126 Å². The van der Waals surface area contributed by atoms with Crippen LogP contribution in [0.25, 0.3) is 0 Å². The first-order valence-corrected chi connectivity index (χ1v) is 15.7. The summed E-state index contributed by atoms with van der Waals surface area (Å²) in [5.74, 6) is -1.58. The molecule has 0 radical (unpaired) electrons. The van der Waals surface area contributed by atoms with Crippen LogP contribution < -0.4 is 10.6 Å². The second kappa shape index (κ2) is 13.5. The third-order valence-electron chi connectivity index (χ3n) is 8.91. The van der Waals surface area contributed by atoms with Gasteiger partial charge < -0.3 is 25.2 Å².